The summed E-state index contributed by atoms with van der Waals surface area (Å²) in [6.45, 7) is 5.22. The van der Waals surface area contributed by atoms with Crippen LogP contribution >= 0.6 is 0 Å². The number of carbonyl (C=O) groups excluding carboxylic acids is 1. The van der Waals surface area contributed by atoms with E-state index in [0.717, 1.165) is 36.3 Å². The molecular formula is C16H21NO3. The number of aliphatic hydroxyl groups is 1. The van der Waals surface area contributed by atoms with Crippen LogP contribution in [0.4, 0.5) is 5.69 Å². The van der Waals surface area contributed by atoms with E-state index >= 15 is 0 Å². The van der Waals surface area contributed by atoms with Gasteiger partial charge in [0.05, 0.1) is 18.1 Å². The highest BCUT2D eigenvalue weighted by Crippen LogP contribution is 2.40. The van der Waals surface area contributed by atoms with E-state index in [-0.39, 0.29) is 11.8 Å². The van der Waals surface area contributed by atoms with Crippen molar-refractivity contribution < 1.29 is 14.6 Å². The Morgan fingerprint density at radius 2 is 2.25 bits per heavy atom. The van der Waals surface area contributed by atoms with Crippen LogP contribution in [0, 0.1) is 5.92 Å². The maximum absolute atomic E-state index is 11.9. The van der Waals surface area contributed by atoms with Crippen LogP contribution in [0.15, 0.2) is 18.2 Å². The minimum atomic E-state index is -0.534. The Morgan fingerprint density at radius 3 is 2.95 bits per heavy atom. The van der Waals surface area contributed by atoms with Crippen LogP contribution in [0.2, 0.25) is 0 Å². The highest BCUT2D eigenvalue weighted by molar-refractivity contribution is 6.05. The molecule has 2 heterocycles. The van der Waals surface area contributed by atoms with Gasteiger partial charge in [0.15, 0.2) is 0 Å². The first kappa shape index (κ1) is 13.6. The van der Waals surface area contributed by atoms with E-state index in [2.05, 4.69) is 5.32 Å². The van der Waals surface area contributed by atoms with Crippen molar-refractivity contribution >= 4 is 11.6 Å². The van der Waals surface area contributed by atoms with Gasteiger partial charge in [-0.3, -0.25) is 4.79 Å². The molecule has 0 spiro atoms. The molecule has 3 rings (SSSR count). The molecule has 4 heteroatoms. The van der Waals surface area contributed by atoms with Crippen molar-refractivity contribution in [2.45, 2.75) is 38.2 Å². The lowest BCUT2D eigenvalue weighted by Crippen LogP contribution is -2.27. The third-order valence-electron chi connectivity index (χ3n) is 4.52. The molecule has 2 aliphatic heterocycles. The molecule has 2 N–H and O–H groups in total. The summed E-state index contributed by atoms with van der Waals surface area (Å²) in [5.74, 6) is 0.162. The maximum Gasteiger partial charge on any atom is 0.234 e. The normalized spacial score (nSPS) is 25.9. The minimum absolute atomic E-state index is 0.0140. The molecule has 0 bridgehead atoms. The van der Waals surface area contributed by atoms with Crippen molar-refractivity contribution in [2.75, 3.05) is 18.5 Å². The molecule has 1 amide bonds. The van der Waals surface area contributed by atoms with E-state index < -0.39 is 11.5 Å². The predicted molar refractivity (Wildman–Crippen MR) is 76.6 cm³/mol. The average molecular weight is 275 g/mol. The fraction of sp³-hybridized carbons (Fsp3) is 0.562. The molecule has 2 unspecified atom stereocenters. The first-order valence-corrected chi connectivity index (χ1v) is 7.22. The van der Waals surface area contributed by atoms with Gasteiger partial charge in [0.2, 0.25) is 5.91 Å². The molecule has 4 nitrogen and oxygen atoms in total. The number of ether oxygens (including phenoxy) is 1. The zero-order chi connectivity index (χ0) is 14.3. The standard InChI is InChI=1S/C16H21NO3/c1-16(2)12-8-10(5-6-13(12)17-15(16)19)14(18)11-4-3-7-20-9-11/h5-6,8,11,14,18H,3-4,7,9H2,1-2H3,(H,17,19). The van der Waals surface area contributed by atoms with Gasteiger partial charge in [-0.2, -0.15) is 0 Å². The summed E-state index contributed by atoms with van der Waals surface area (Å²) in [6.07, 6.45) is 1.46. The molecule has 1 fully saturated rings. The van der Waals surface area contributed by atoms with Crippen LogP contribution in [-0.4, -0.2) is 24.2 Å². The highest BCUT2D eigenvalue weighted by Gasteiger charge is 2.39. The summed E-state index contributed by atoms with van der Waals surface area (Å²) >= 11 is 0. The summed E-state index contributed by atoms with van der Waals surface area (Å²) in [6, 6.07) is 5.76. The lowest BCUT2D eigenvalue weighted by Gasteiger charge is -2.27. The number of nitrogens with one attached hydrogen (secondary N) is 1. The van der Waals surface area contributed by atoms with E-state index in [1.54, 1.807) is 0 Å². The van der Waals surface area contributed by atoms with Crippen molar-refractivity contribution in [3.63, 3.8) is 0 Å². The number of aliphatic hydroxyl groups excluding tert-OH is 1. The Hall–Kier alpha value is -1.39. The summed E-state index contributed by atoms with van der Waals surface area (Å²) in [5.41, 5.74) is 2.17. The second kappa shape index (κ2) is 4.86. The lowest BCUT2D eigenvalue weighted by molar-refractivity contribution is -0.119. The van der Waals surface area contributed by atoms with Gasteiger partial charge in [-0.1, -0.05) is 12.1 Å². The molecule has 0 saturated carbocycles. The van der Waals surface area contributed by atoms with Crippen LogP contribution in [-0.2, 0) is 14.9 Å². The summed E-state index contributed by atoms with van der Waals surface area (Å²) in [7, 11) is 0. The van der Waals surface area contributed by atoms with E-state index in [1.807, 2.05) is 32.0 Å². The topological polar surface area (TPSA) is 58.6 Å². The Balaban J connectivity index is 1.89. The second-order valence-electron chi connectivity index (χ2n) is 6.31. The van der Waals surface area contributed by atoms with Crippen LogP contribution in [0.5, 0.6) is 0 Å². The summed E-state index contributed by atoms with van der Waals surface area (Å²) < 4.78 is 5.45. The molecule has 108 valence electrons. The molecule has 20 heavy (non-hydrogen) atoms. The number of amides is 1. The smallest absolute Gasteiger partial charge is 0.234 e. The van der Waals surface area contributed by atoms with Crippen molar-refractivity contribution in [1.29, 1.82) is 0 Å². The van der Waals surface area contributed by atoms with Crippen LogP contribution in [0.3, 0.4) is 0 Å². The molecule has 1 saturated heterocycles. The lowest BCUT2D eigenvalue weighted by atomic mass is 9.83. The first-order valence-electron chi connectivity index (χ1n) is 7.22. The molecule has 1 aromatic carbocycles. The van der Waals surface area contributed by atoms with Crippen molar-refractivity contribution in [2.24, 2.45) is 5.92 Å². The number of rotatable bonds is 2. The molecule has 0 radical (unpaired) electrons. The molecule has 1 aromatic rings. The van der Waals surface area contributed by atoms with Gasteiger partial charge in [0.1, 0.15) is 0 Å². The van der Waals surface area contributed by atoms with Gasteiger partial charge in [-0.05, 0) is 43.9 Å². The number of hydrogen-bond donors (Lipinski definition) is 2. The van der Waals surface area contributed by atoms with Crippen LogP contribution < -0.4 is 5.32 Å². The maximum atomic E-state index is 11.9. The Bertz CT molecular complexity index is 533. The zero-order valence-corrected chi connectivity index (χ0v) is 12.0. The largest absolute Gasteiger partial charge is 0.388 e. The zero-order valence-electron chi connectivity index (χ0n) is 12.0. The minimum Gasteiger partial charge on any atom is -0.388 e. The van der Waals surface area contributed by atoms with E-state index in [1.165, 1.54) is 0 Å². The molecule has 2 atom stereocenters. The number of hydrogen-bond acceptors (Lipinski definition) is 3. The van der Waals surface area contributed by atoms with Gasteiger partial charge in [-0.15, -0.1) is 0 Å². The van der Waals surface area contributed by atoms with E-state index in [0.29, 0.717) is 6.61 Å². The summed E-state index contributed by atoms with van der Waals surface area (Å²) in [4.78, 5) is 11.9. The molecular weight excluding hydrogens is 254 g/mol. The second-order valence-corrected chi connectivity index (χ2v) is 6.31. The molecule has 0 aliphatic carbocycles. The fourth-order valence-electron chi connectivity index (χ4n) is 3.06. The van der Waals surface area contributed by atoms with E-state index in [9.17, 15) is 9.90 Å². The third-order valence-corrected chi connectivity index (χ3v) is 4.52. The number of carbonyl (C=O) groups is 1. The third kappa shape index (κ3) is 2.13. The Kier molecular flexibility index (Phi) is 3.30. The van der Waals surface area contributed by atoms with Gasteiger partial charge in [0, 0.05) is 18.2 Å². The molecule has 2 aliphatic rings. The highest BCUT2D eigenvalue weighted by atomic mass is 16.5. The first-order chi connectivity index (χ1) is 9.50. The predicted octanol–water partition coefficient (Wildman–Crippen LogP) is 2.38. The molecule has 0 aromatic heterocycles. The summed E-state index contributed by atoms with van der Waals surface area (Å²) in [5, 5.41) is 13.4. The van der Waals surface area contributed by atoms with Crippen molar-refractivity contribution in [3.05, 3.63) is 29.3 Å². The van der Waals surface area contributed by atoms with Gasteiger partial charge in [-0.25, -0.2) is 0 Å². The number of fused-ring (bicyclic) bond motifs is 1. The van der Waals surface area contributed by atoms with Crippen molar-refractivity contribution in [1.82, 2.24) is 0 Å². The average Bonchev–Trinajstić information content (AvgIpc) is 2.69. The monoisotopic (exact) mass is 275 g/mol. The quantitative estimate of drug-likeness (QED) is 0.871. The SMILES string of the molecule is CC1(C)C(=O)Nc2ccc(C(O)C3CCCOC3)cc21. The fourth-order valence-corrected chi connectivity index (χ4v) is 3.06. The van der Waals surface area contributed by atoms with Gasteiger partial charge < -0.3 is 15.2 Å². The Morgan fingerprint density at radius 1 is 1.45 bits per heavy atom. The van der Waals surface area contributed by atoms with E-state index in [4.69, 9.17) is 4.74 Å². The Labute approximate surface area is 119 Å². The van der Waals surface area contributed by atoms with Crippen molar-refractivity contribution in [3.8, 4) is 0 Å². The van der Waals surface area contributed by atoms with Gasteiger partial charge >= 0.3 is 0 Å². The van der Waals surface area contributed by atoms with Crippen LogP contribution in [0.1, 0.15) is 43.9 Å². The number of anilines is 1. The number of benzene rings is 1. The van der Waals surface area contributed by atoms with Crippen LogP contribution in [0.25, 0.3) is 0 Å². The van der Waals surface area contributed by atoms with Gasteiger partial charge in [0.25, 0.3) is 0 Å².